The molecule has 106 valence electrons. The van der Waals surface area contributed by atoms with E-state index < -0.39 is 0 Å². The molecule has 1 heterocycles. The van der Waals surface area contributed by atoms with Gasteiger partial charge in [0.1, 0.15) is 5.75 Å². The quantitative estimate of drug-likeness (QED) is 0.802. The summed E-state index contributed by atoms with van der Waals surface area (Å²) in [7, 11) is 1.59. The number of fused-ring (bicyclic) bond motifs is 1. The maximum Gasteiger partial charge on any atom is 0.263 e. The summed E-state index contributed by atoms with van der Waals surface area (Å²) in [5.74, 6) is 0.217. The molecule has 0 fully saturated rings. The first-order valence-electron chi connectivity index (χ1n) is 6.39. The Morgan fingerprint density at radius 1 is 1.05 bits per heavy atom. The fraction of sp³-hybridized carbons (Fsp3) is 0.125. The van der Waals surface area contributed by atoms with E-state index >= 15 is 0 Å². The van der Waals surface area contributed by atoms with Gasteiger partial charge in [0.2, 0.25) is 0 Å². The molecule has 0 N–H and O–H groups in total. The van der Waals surface area contributed by atoms with Crippen LogP contribution in [0, 0.1) is 0 Å². The lowest BCUT2D eigenvalue weighted by Crippen LogP contribution is -2.29. The van der Waals surface area contributed by atoms with Gasteiger partial charge in [0.05, 0.1) is 24.8 Å². The monoisotopic (exact) mass is 345 g/mol. The first kappa shape index (κ1) is 13.8. The fourth-order valence-electron chi connectivity index (χ4n) is 2.35. The van der Waals surface area contributed by atoms with Crippen LogP contribution in [0.5, 0.6) is 5.75 Å². The minimum absolute atomic E-state index is 0.253. The van der Waals surface area contributed by atoms with Crippen LogP contribution in [0.25, 0.3) is 0 Å². The Labute approximate surface area is 130 Å². The first-order valence-corrected chi connectivity index (χ1v) is 7.18. The molecule has 0 radical (unpaired) electrons. The van der Waals surface area contributed by atoms with Gasteiger partial charge >= 0.3 is 0 Å². The highest BCUT2D eigenvalue weighted by Crippen LogP contribution is 2.30. The summed E-state index contributed by atoms with van der Waals surface area (Å²) in [5, 5.41) is 0. The van der Waals surface area contributed by atoms with Gasteiger partial charge < -0.3 is 4.74 Å². The molecule has 5 heteroatoms. The van der Waals surface area contributed by atoms with Crippen LogP contribution in [0.2, 0.25) is 0 Å². The van der Waals surface area contributed by atoms with Crippen LogP contribution in [0.1, 0.15) is 26.3 Å². The third-order valence-electron chi connectivity index (χ3n) is 3.45. The molecule has 0 aromatic heterocycles. The zero-order valence-electron chi connectivity index (χ0n) is 11.3. The minimum Gasteiger partial charge on any atom is -0.497 e. The minimum atomic E-state index is -0.265. The molecule has 2 aromatic rings. The summed E-state index contributed by atoms with van der Waals surface area (Å²) in [6, 6.07) is 12.5. The average Bonchev–Trinajstić information content (AvgIpc) is 2.74. The highest BCUT2D eigenvalue weighted by Gasteiger charge is 2.36. The summed E-state index contributed by atoms with van der Waals surface area (Å²) < 4.78 is 5.74. The van der Waals surface area contributed by atoms with E-state index in [-0.39, 0.29) is 18.4 Å². The number of hydrogen-bond donors (Lipinski definition) is 0. The number of halogens is 1. The van der Waals surface area contributed by atoms with Crippen LogP contribution in [-0.4, -0.2) is 23.8 Å². The zero-order valence-corrected chi connectivity index (χ0v) is 12.9. The van der Waals surface area contributed by atoms with Crippen LogP contribution >= 0.6 is 15.9 Å². The number of ether oxygens (including phenoxy) is 1. The lowest BCUT2D eigenvalue weighted by molar-refractivity contribution is 0.0642. The molecule has 0 bridgehead atoms. The molecule has 0 aliphatic carbocycles. The van der Waals surface area contributed by atoms with E-state index in [9.17, 15) is 9.59 Å². The summed E-state index contributed by atoms with van der Waals surface area (Å²) in [5.41, 5.74) is 1.76. The van der Waals surface area contributed by atoms with Gasteiger partial charge in [-0.1, -0.05) is 18.2 Å². The predicted octanol–water partition coefficient (Wildman–Crippen LogP) is 3.25. The van der Waals surface area contributed by atoms with Gasteiger partial charge in [-0.25, -0.2) is 0 Å². The standard InChI is InChI=1S/C16H12BrNO3/c1-21-11-7-5-10(6-8-11)9-18-15(19)12-3-2-4-13(17)14(12)16(18)20/h2-8H,9H2,1H3. The molecule has 2 aromatic carbocycles. The van der Waals surface area contributed by atoms with Gasteiger partial charge in [-0.05, 0) is 45.8 Å². The van der Waals surface area contributed by atoms with E-state index in [4.69, 9.17) is 4.74 Å². The van der Waals surface area contributed by atoms with Gasteiger partial charge in [-0.2, -0.15) is 0 Å². The average molecular weight is 346 g/mol. The summed E-state index contributed by atoms with van der Waals surface area (Å²) >= 11 is 3.33. The Kier molecular flexibility index (Phi) is 3.51. The lowest BCUT2D eigenvalue weighted by Gasteiger charge is -2.14. The number of rotatable bonds is 3. The van der Waals surface area contributed by atoms with Crippen LogP contribution in [0.3, 0.4) is 0 Å². The number of carbonyl (C=O) groups is 2. The van der Waals surface area contributed by atoms with Crippen molar-refractivity contribution in [2.75, 3.05) is 7.11 Å². The third kappa shape index (κ3) is 2.34. The van der Waals surface area contributed by atoms with Gasteiger partial charge in [-0.15, -0.1) is 0 Å². The second-order valence-electron chi connectivity index (χ2n) is 4.71. The molecule has 2 amide bonds. The van der Waals surface area contributed by atoms with E-state index in [0.29, 0.717) is 15.6 Å². The summed E-state index contributed by atoms with van der Waals surface area (Å²) in [6.45, 7) is 0.253. The Morgan fingerprint density at radius 3 is 2.38 bits per heavy atom. The van der Waals surface area contributed by atoms with E-state index in [2.05, 4.69) is 15.9 Å². The number of nitrogens with zero attached hydrogens (tertiary/aromatic N) is 1. The molecule has 0 spiro atoms. The van der Waals surface area contributed by atoms with E-state index in [1.54, 1.807) is 25.3 Å². The molecule has 1 aliphatic heterocycles. The van der Waals surface area contributed by atoms with E-state index in [0.717, 1.165) is 11.3 Å². The predicted molar refractivity (Wildman–Crippen MR) is 81.3 cm³/mol. The number of carbonyl (C=O) groups excluding carboxylic acids is 2. The van der Waals surface area contributed by atoms with Crippen LogP contribution in [0.4, 0.5) is 0 Å². The summed E-state index contributed by atoms with van der Waals surface area (Å²) in [6.07, 6.45) is 0. The molecular weight excluding hydrogens is 334 g/mol. The maximum atomic E-state index is 12.4. The molecule has 0 saturated carbocycles. The molecule has 4 nitrogen and oxygen atoms in total. The highest BCUT2D eigenvalue weighted by atomic mass is 79.9. The Hall–Kier alpha value is -2.14. The second kappa shape index (κ2) is 5.33. The van der Waals surface area contributed by atoms with Crippen molar-refractivity contribution in [1.82, 2.24) is 4.90 Å². The van der Waals surface area contributed by atoms with Gasteiger partial charge in [0.25, 0.3) is 11.8 Å². The number of amides is 2. The first-order chi connectivity index (χ1) is 10.1. The Balaban J connectivity index is 1.89. The lowest BCUT2D eigenvalue weighted by atomic mass is 10.1. The second-order valence-corrected chi connectivity index (χ2v) is 5.56. The molecule has 21 heavy (non-hydrogen) atoms. The fourth-order valence-corrected chi connectivity index (χ4v) is 2.89. The third-order valence-corrected chi connectivity index (χ3v) is 4.11. The van der Waals surface area contributed by atoms with E-state index in [1.807, 2.05) is 24.3 Å². The van der Waals surface area contributed by atoms with E-state index in [1.165, 1.54) is 4.90 Å². The smallest absolute Gasteiger partial charge is 0.263 e. The Morgan fingerprint density at radius 2 is 1.76 bits per heavy atom. The highest BCUT2D eigenvalue weighted by molar-refractivity contribution is 9.10. The van der Waals surface area contributed by atoms with Gasteiger partial charge in [-0.3, -0.25) is 14.5 Å². The van der Waals surface area contributed by atoms with Crippen molar-refractivity contribution < 1.29 is 14.3 Å². The number of imide groups is 1. The molecule has 0 saturated heterocycles. The van der Waals surface area contributed by atoms with Crippen molar-refractivity contribution in [3.63, 3.8) is 0 Å². The number of benzene rings is 2. The van der Waals surface area contributed by atoms with Crippen molar-refractivity contribution in [2.45, 2.75) is 6.54 Å². The van der Waals surface area contributed by atoms with Crippen LogP contribution in [-0.2, 0) is 6.54 Å². The zero-order chi connectivity index (χ0) is 15.0. The maximum absolute atomic E-state index is 12.4. The van der Waals surface area contributed by atoms with Gasteiger partial charge in [0, 0.05) is 4.47 Å². The Bertz CT molecular complexity index is 725. The molecule has 1 aliphatic rings. The van der Waals surface area contributed by atoms with Gasteiger partial charge in [0.15, 0.2) is 0 Å². The topological polar surface area (TPSA) is 46.6 Å². The van der Waals surface area contributed by atoms with Crippen LogP contribution in [0.15, 0.2) is 46.9 Å². The van der Waals surface area contributed by atoms with Crippen molar-refractivity contribution in [3.05, 3.63) is 63.6 Å². The molecular formula is C16H12BrNO3. The van der Waals surface area contributed by atoms with Crippen molar-refractivity contribution in [3.8, 4) is 5.75 Å². The SMILES string of the molecule is COc1ccc(CN2C(=O)c3cccc(Br)c3C2=O)cc1. The molecule has 0 atom stereocenters. The summed E-state index contributed by atoms with van der Waals surface area (Å²) in [4.78, 5) is 26.0. The molecule has 3 rings (SSSR count). The van der Waals surface area contributed by atoms with Crippen LogP contribution < -0.4 is 4.74 Å². The largest absolute Gasteiger partial charge is 0.497 e. The number of methoxy groups -OCH3 is 1. The number of hydrogen-bond acceptors (Lipinski definition) is 3. The molecule has 0 unspecified atom stereocenters. The normalized spacial score (nSPS) is 13.5. The van der Waals surface area contributed by atoms with Crippen molar-refractivity contribution in [2.24, 2.45) is 0 Å². The van der Waals surface area contributed by atoms with Crippen molar-refractivity contribution >= 4 is 27.7 Å². The van der Waals surface area contributed by atoms with Crippen molar-refractivity contribution in [1.29, 1.82) is 0 Å².